The third-order valence-electron chi connectivity index (χ3n) is 8.36. The van der Waals surface area contributed by atoms with Gasteiger partial charge in [0.2, 0.25) is 11.8 Å². The minimum absolute atomic E-state index is 0.00186. The van der Waals surface area contributed by atoms with Crippen molar-refractivity contribution >= 4 is 29.0 Å². The number of nitrogens with two attached hydrogens (primary N) is 1. The number of thiophene rings is 1. The molecule has 2 aliphatic rings. The van der Waals surface area contributed by atoms with Crippen LogP contribution in [0.3, 0.4) is 0 Å². The molecule has 37 heavy (non-hydrogen) atoms. The number of anilines is 1. The number of carbonyl (C=O) groups is 2. The number of hydrogen-bond donors (Lipinski definition) is 2. The molecule has 0 saturated heterocycles. The molecule has 2 amide bonds. The first-order valence-corrected chi connectivity index (χ1v) is 14.2. The fraction of sp³-hybridized carbons (Fsp3) is 0.433. The van der Waals surface area contributed by atoms with Crippen molar-refractivity contribution < 1.29 is 9.59 Å². The van der Waals surface area contributed by atoms with Crippen molar-refractivity contribution in [3.63, 3.8) is 0 Å². The average molecular weight is 517 g/mol. The van der Waals surface area contributed by atoms with Crippen LogP contribution in [0, 0.1) is 5.92 Å². The molecule has 1 aromatic carbocycles. The van der Waals surface area contributed by atoms with Crippen LogP contribution < -0.4 is 11.1 Å². The zero-order valence-electron chi connectivity index (χ0n) is 21.7. The van der Waals surface area contributed by atoms with Gasteiger partial charge in [-0.3, -0.25) is 9.59 Å². The lowest BCUT2D eigenvalue weighted by Gasteiger charge is -2.38. The molecular weight excluding hydrogens is 480 g/mol. The molecule has 0 atom stereocenters. The Labute approximate surface area is 223 Å². The molecule has 0 aliphatic heterocycles. The Morgan fingerprint density at radius 3 is 2.41 bits per heavy atom. The van der Waals surface area contributed by atoms with E-state index >= 15 is 0 Å². The van der Waals surface area contributed by atoms with Crippen molar-refractivity contribution in [3.8, 4) is 22.3 Å². The second-order valence-electron chi connectivity index (χ2n) is 10.8. The maximum atomic E-state index is 12.9. The summed E-state index contributed by atoms with van der Waals surface area (Å²) in [5, 5.41) is 7.23. The monoisotopic (exact) mass is 516 g/mol. The molecule has 0 radical (unpaired) electrons. The predicted octanol–water partition coefficient (Wildman–Crippen LogP) is 6.18. The Hall–Kier alpha value is -3.03. The van der Waals surface area contributed by atoms with Gasteiger partial charge in [0.05, 0.1) is 0 Å². The van der Waals surface area contributed by atoms with E-state index in [1.54, 1.807) is 18.3 Å². The Morgan fingerprint density at radius 1 is 1.08 bits per heavy atom. The summed E-state index contributed by atoms with van der Waals surface area (Å²) in [4.78, 5) is 31.0. The van der Waals surface area contributed by atoms with E-state index in [-0.39, 0.29) is 23.4 Å². The molecule has 6 nitrogen and oxygen atoms in total. The second kappa shape index (κ2) is 10.8. The minimum atomic E-state index is -0.177. The zero-order valence-corrected chi connectivity index (χ0v) is 22.5. The number of aromatic nitrogens is 1. The minimum Gasteiger partial charge on any atom is -0.343 e. The van der Waals surface area contributed by atoms with Crippen molar-refractivity contribution in [2.24, 2.45) is 11.7 Å². The third-order valence-corrected chi connectivity index (χ3v) is 9.04. The second-order valence-corrected chi connectivity index (χ2v) is 11.6. The van der Waals surface area contributed by atoms with Crippen molar-refractivity contribution in [2.45, 2.75) is 69.9 Å². The summed E-state index contributed by atoms with van der Waals surface area (Å²) in [6.45, 7) is 1.61. The van der Waals surface area contributed by atoms with Gasteiger partial charge >= 0.3 is 0 Å². The lowest BCUT2D eigenvalue weighted by molar-refractivity contribution is -0.130. The predicted molar refractivity (Wildman–Crippen MR) is 150 cm³/mol. The average Bonchev–Trinajstić information content (AvgIpc) is 3.42. The number of pyridine rings is 1. The highest BCUT2D eigenvalue weighted by molar-refractivity contribution is 7.08. The summed E-state index contributed by atoms with van der Waals surface area (Å²) >= 11 is 1.65. The van der Waals surface area contributed by atoms with Gasteiger partial charge < -0.3 is 16.0 Å². The van der Waals surface area contributed by atoms with E-state index in [1.807, 2.05) is 24.2 Å². The first-order valence-electron chi connectivity index (χ1n) is 13.3. The van der Waals surface area contributed by atoms with Gasteiger partial charge in [-0.1, -0.05) is 24.3 Å². The van der Waals surface area contributed by atoms with Crippen LogP contribution in [0.5, 0.6) is 0 Å². The first-order chi connectivity index (χ1) is 17.8. The van der Waals surface area contributed by atoms with Crippen LogP contribution in [0.2, 0.25) is 0 Å². The van der Waals surface area contributed by atoms with E-state index < -0.39 is 0 Å². The van der Waals surface area contributed by atoms with Gasteiger partial charge in [-0.25, -0.2) is 4.98 Å². The van der Waals surface area contributed by atoms with E-state index in [9.17, 15) is 9.59 Å². The van der Waals surface area contributed by atoms with Crippen LogP contribution in [0.4, 0.5) is 5.82 Å². The molecule has 194 valence electrons. The summed E-state index contributed by atoms with van der Waals surface area (Å²) < 4.78 is 0. The topological polar surface area (TPSA) is 88.3 Å². The summed E-state index contributed by atoms with van der Waals surface area (Å²) in [6.07, 6.45) is 9.44. The number of amides is 2. The van der Waals surface area contributed by atoms with Gasteiger partial charge in [-0.15, -0.1) is 0 Å². The van der Waals surface area contributed by atoms with Gasteiger partial charge in [0.25, 0.3) is 0 Å². The number of rotatable bonds is 7. The number of benzene rings is 1. The van der Waals surface area contributed by atoms with E-state index in [0.717, 1.165) is 60.8 Å². The Bertz CT molecular complexity index is 1240. The summed E-state index contributed by atoms with van der Waals surface area (Å²) in [6, 6.07) is 12.9. The lowest BCUT2D eigenvalue weighted by Crippen LogP contribution is -2.43. The van der Waals surface area contributed by atoms with Crippen molar-refractivity contribution in [3.05, 3.63) is 58.9 Å². The van der Waals surface area contributed by atoms with E-state index in [4.69, 9.17) is 5.73 Å². The van der Waals surface area contributed by atoms with Crippen molar-refractivity contribution in [2.75, 3.05) is 12.4 Å². The van der Waals surface area contributed by atoms with Gasteiger partial charge in [0.15, 0.2) is 0 Å². The number of nitrogens with one attached hydrogen (secondary N) is 1. The summed E-state index contributed by atoms with van der Waals surface area (Å²) in [5.41, 5.74) is 11.8. The third kappa shape index (κ3) is 5.63. The van der Waals surface area contributed by atoms with Crippen molar-refractivity contribution in [1.82, 2.24) is 9.88 Å². The number of nitrogens with zero attached hydrogens (tertiary/aromatic N) is 2. The van der Waals surface area contributed by atoms with Crippen LogP contribution in [0.1, 0.15) is 63.9 Å². The Morgan fingerprint density at radius 2 is 1.81 bits per heavy atom. The molecule has 2 heterocycles. The molecule has 2 aliphatic carbocycles. The summed E-state index contributed by atoms with van der Waals surface area (Å²) in [5.74, 6) is 1.02. The normalized spacial score (nSPS) is 20.6. The molecule has 7 heteroatoms. The highest BCUT2D eigenvalue weighted by Crippen LogP contribution is 2.40. The molecule has 2 aromatic heterocycles. The molecular formula is C30H36N4O2S. The van der Waals surface area contributed by atoms with Gasteiger partial charge in [-0.2, -0.15) is 11.3 Å². The maximum Gasteiger partial charge on any atom is 0.225 e. The van der Waals surface area contributed by atoms with Gasteiger partial charge in [0.1, 0.15) is 5.82 Å². The van der Waals surface area contributed by atoms with E-state index in [2.05, 4.69) is 51.4 Å². The fourth-order valence-electron chi connectivity index (χ4n) is 5.69. The van der Waals surface area contributed by atoms with Crippen LogP contribution >= 0.6 is 11.3 Å². The van der Waals surface area contributed by atoms with Crippen LogP contribution in [0.15, 0.2) is 53.4 Å². The zero-order chi connectivity index (χ0) is 26.0. The molecule has 0 bridgehead atoms. The Balaban J connectivity index is 1.28. The first kappa shape index (κ1) is 25.6. The van der Waals surface area contributed by atoms with Crippen molar-refractivity contribution in [1.29, 1.82) is 0 Å². The number of carbonyl (C=O) groups excluding carboxylic acids is 2. The smallest absolute Gasteiger partial charge is 0.225 e. The Kier molecular flexibility index (Phi) is 7.45. The largest absolute Gasteiger partial charge is 0.343 e. The van der Waals surface area contributed by atoms with Crippen LogP contribution in [-0.4, -0.2) is 34.8 Å². The number of hydrogen-bond acceptors (Lipinski definition) is 5. The fourth-order valence-corrected chi connectivity index (χ4v) is 6.34. The van der Waals surface area contributed by atoms with E-state index in [1.165, 1.54) is 12.0 Å². The molecule has 2 fully saturated rings. The highest BCUT2D eigenvalue weighted by Gasteiger charge is 2.34. The molecule has 0 spiro atoms. The summed E-state index contributed by atoms with van der Waals surface area (Å²) in [7, 11) is 1.87. The van der Waals surface area contributed by atoms with Gasteiger partial charge in [-0.05, 0) is 96.0 Å². The van der Waals surface area contributed by atoms with Gasteiger partial charge in [0, 0.05) is 43.7 Å². The molecule has 3 N–H and O–H groups in total. The molecule has 2 saturated carbocycles. The lowest BCUT2D eigenvalue weighted by atomic mass is 9.72. The molecule has 5 rings (SSSR count). The van der Waals surface area contributed by atoms with Crippen LogP contribution in [0.25, 0.3) is 22.3 Å². The van der Waals surface area contributed by atoms with Crippen LogP contribution in [-0.2, 0) is 15.1 Å². The molecule has 3 aromatic rings. The van der Waals surface area contributed by atoms with E-state index in [0.29, 0.717) is 18.2 Å². The maximum absolute atomic E-state index is 12.9. The SMILES string of the molecule is CC(=O)N(C)[C@H]1CC[C@H](CC(=O)Nc2cc(-c3ccsc3)c(-c3ccc(C4(N)CCC4)cc3)cn2)CC1. The highest BCUT2D eigenvalue weighted by atomic mass is 32.1. The standard InChI is InChI=1S/C30H36N4O2S/c1-20(35)34(2)25-10-4-21(5-11-25)16-29(36)33-28-17-26(23-12-15-37-19-23)27(18-32-28)22-6-8-24(9-7-22)30(31)13-3-14-30/h6-9,12,15,17-19,21,25H,3-5,10-11,13-14,16,31H2,1-2H3,(H,32,33,36)/t21-,25-. The molecule has 0 unspecified atom stereocenters. The quantitative estimate of drug-likeness (QED) is 0.392.